The van der Waals surface area contributed by atoms with Crippen LogP contribution in [0.2, 0.25) is 0 Å². The number of ether oxygens (including phenoxy) is 1. The largest absolute Gasteiger partial charge is 0.481 e. The molecule has 0 saturated carbocycles. The quantitative estimate of drug-likeness (QED) is 0.784. The number of likely N-dealkylation sites (tertiary alicyclic amines) is 1. The van der Waals surface area contributed by atoms with Crippen molar-refractivity contribution in [2.75, 3.05) is 13.7 Å². The zero-order valence-corrected chi connectivity index (χ0v) is 15.2. The number of aromatic amines is 1. The summed E-state index contributed by atoms with van der Waals surface area (Å²) in [6.07, 6.45) is 1.92. The maximum Gasteiger partial charge on any atom is 0.273 e. The minimum Gasteiger partial charge on any atom is -0.481 e. The average molecular weight is 350 g/mol. The van der Waals surface area contributed by atoms with Gasteiger partial charge in [0.15, 0.2) is 0 Å². The molecule has 1 atom stereocenters. The number of aryl methyl sites for hydroxylation is 2. The molecule has 0 spiro atoms. The summed E-state index contributed by atoms with van der Waals surface area (Å²) < 4.78 is 5.42. The molecule has 134 valence electrons. The molecule has 3 heterocycles. The molecular formula is C20H22N4O2. The van der Waals surface area contributed by atoms with E-state index in [1.54, 1.807) is 7.11 Å². The third-order valence-electron chi connectivity index (χ3n) is 5.15. The predicted octanol–water partition coefficient (Wildman–Crippen LogP) is 3.56. The summed E-state index contributed by atoms with van der Waals surface area (Å²) in [7, 11) is 1.58. The Morgan fingerprint density at radius 3 is 2.85 bits per heavy atom. The number of pyridine rings is 1. The molecule has 1 aromatic carbocycles. The Kier molecular flexibility index (Phi) is 4.11. The van der Waals surface area contributed by atoms with Crippen LogP contribution in [0.5, 0.6) is 5.88 Å². The Morgan fingerprint density at radius 1 is 1.31 bits per heavy atom. The second-order valence-corrected chi connectivity index (χ2v) is 6.74. The number of fused-ring (bicyclic) bond motifs is 1. The van der Waals surface area contributed by atoms with Gasteiger partial charge in [-0.1, -0.05) is 18.2 Å². The lowest BCUT2D eigenvalue weighted by Crippen LogP contribution is -2.31. The molecule has 1 saturated heterocycles. The number of methoxy groups -OCH3 is 1. The highest BCUT2D eigenvalue weighted by molar-refractivity contribution is 5.98. The van der Waals surface area contributed by atoms with Crippen molar-refractivity contribution in [1.29, 1.82) is 0 Å². The van der Waals surface area contributed by atoms with Crippen LogP contribution in [0.1, 0.15) is 46.3 Å². The Labute approximate surface area is 152 Å². The standard InChI is InChI=1S/C20H22N4O2/c1-12-18(13(2)23-22-12)17-9-6-10-24(17)20(25)16-11-14-7-4-5-8-15(14)19(21-16)26-3/h4-5,7-8,11,17H,6,9-10H2,1-3H3,(H,22,23)/t17-/m1/s1. The number of nitrogens with one attached hydrogen (secondary N) is 1. The zero-order chi connectivity index (χ0) is 18.3. The molecule has 0 radical (unpaired) electrons. The van der Waals surface area contributed by atoms with Crippen molar-refractivity contribution >= 4 is 16.7 Å². The molecule has 1 amide bonds. The molecule has 26 heavy (non-hydrogen) atoms. The summed E-state index contributed by atoms with van der Waals surface area (Å²) in [5.74, 6) is 0.425. The first-order valence-corrected chi connectivity index (χ1v) is 8.86. The Bertz CT molecular complexity index is 960. The number of benzene rings is 1. The molecule has 0 unspecified atom stereocenters. The number of H-pyrrole nitrogens is 1. The highest BCUT2D eigenvalue weighted by Gasteiger charge is 2.34. The average Bonchev–Trinajstić information content (AvgIpc) is 3.26. The van der Waals surface area contributed by atoms with E-state index in [9.17, 15) is 4.79 Å². The molecule has 1 aliphatic heterocycles. The van der Waals surface area contributed by atoms with Gasteiger partial charge in [-0.05, 0) is 44.2 Å². The van der Waals surface area contributed by atoms with Gasteiger partial charge in [-0.25, -0.2) is 4.98 Å². The van der Waals surface area contributed by atoms with Crippen LogP contribution in [0, 0.1) is 13.8 Å². The van der Waals surface area contributed by atoms with Gasteiger partial charge >= 0.3 is 0 Å². The van der Waals surface area contributed by atoms with Crippen molar-refractivity contribution < 1.29 is 9.53 Å². The van der Waals surface area contributed by atoms with E-state index in [0.29, 0.717) is 11.6 Å². The maximum absolute atomic E-state index is 13.3. The molecular weight excluding hydrogens is 328 g/mol. The van der Waals surface area contributed by atoms with E-state index in [1.165, 1.54) is 0 Å². The van der Waals surface area contributed by atoms with Crippen LogP contribution < -0.4 is 4.74 Å². The Balaban J connectivity index is 1.74. The molecule has 1 N–H and O–H groups in total. The summed E-state index contributed by atoms with van der Waals surface area (Å²) in [5, 5.41) is 9.19. The molecule has 0 aliphatic carbocycles. The number of carbonyl (C=O) groups excluding carboxylic acids is 1. The van der Waals surface area contributed by atoms with Crippen LogP contribution in [-0.2, 0) is 0 Å². The van der Waals surface area contributed by atoms with Crippen molar-refractivity contribution in [3.05, 3.63) is 53.0 Å². The topological polar surface area (TPSA) is 71.1 Å². The van der Waals surface area contributed by atoms with Gasteiger partial charge in [0.1, 0.15) is 5.69 Å². The third kappa shape index (κ3) is 2.62. The fourth-order valence-corrected chi connectivity index (χ4v) is 3.94. The molecule has 4 rings (SSSR count). The number of amides is 1. The van der Waals surface area contributed by atoms with Gasteiger partial charge in [0, 0.05) is 23.2 Å². The van der Waals surface area contributed by atoms with E-state index >= 15 is 0 Å². The smallest absolute Gasteiger partial charge is 0.273 e. The van der Waals surface area contributed by atoms with E-state index in [-0.39, 0.29) is 11.9 Å². The first-order chi connectivity index (χ1) is 12.6. The minimum absolute atomic E-state index is 0.0421. The summed E-state index contributed by atoms with van der Waals surface area (Å²) in [6.45, 7) is 4.72. The highest BCUT2D eigenvalue weighted by atomic mass is 16.5. The van der Waals surface area contributed by atoms with Gasteiger partial charge in [-0.2, -0.15) is 5.10 Å². The Hall–Kier alpha value is -2.89. The van der Waals surface area contributed by atoms with Crippen LogP contribution in [0.25, 0.3) is 10.8 Å². The van der Waals surface area contributed by atoms with Crippen molar-refractivity contribution in [3.63, 3.8) is 0 Å². The van der Waals surface area contributed by atoms with Gasteiger partial charge in [-0.15, -0.1) is 0 Å². The van der Waals surface area contributed by atoms with E-state index in [0.717, 1.165) is 47.1 Å². The zero-order valence-electron chi connectivity index (χ0n) is 15.2. The summed E-state index contributed by atoms with van der Waals surface area (Å²) in [6, 6.07) is 9.71. The number of hydrogen-bond acceptors (Lipinski definition) is 4. The fourth-order valence-electron chi connectivity index (χ4n) is 3.94. The van der Waals surface area contributed by atoms with Gasteiger partial charge in [-0.3, -0.25) is 9.89 Å². The van der Waals surface area contributed by atoms with E-state index in [1.807, 2.05) is 49.1 Å². The van der Waals surface area contributed by atoms with E-state index in [2.05, 4.69) is 15.2 Å². The first-order valence-electron chi connectivity index (χ1n) is 8.86. The van der Waals surface area contributed by atoms with Crippen LogP contribution >= 0.6 is 0 Å². The molecule has 1 aliphatic rings. The van der Waals surface area contributed by atoms with E-state index in [4.69, 9.17) is 4.74 Å². The first kappa shape index (κ1) is 16.6. The van der Waals surface area contributed by atoms with Gasteiger partial charge in [0.25, 0.3) is 5.91 Å². The lowest BCUT2D eigenvalue weighted by molar-refractivity contribution is 0.0728. The van der Waals surface area contributed by atoms with E-state index < -0.39 is 0 Å². The van der Waals surface area contributed by atoms with Crippen LogP contribution in [0.3, 0.4) is 0 Å². The SMILES string of the molecule is COc1nc(C(=O)N2CCC[C@@H]2c2c(C)n[nH]c2C)cc2ccccc12. The van der Waals surface area contributed by atoms with Crippen molar-refractivity contribution in [3.8, 4) is 5.88 Å². The van der Waals surface area contributed by atoms with Crippen LogP contribution in [0.4, 0.5) is 0 Å². The third-order valence-corrected chi connectivity index (χ3v) is 5.15. The maximum atomic E-state index is 13.3. The number of aromatic nitrogens is 3. The second-order valence-electron chi connectivity index (χ2n) is 6.74. The lowest BCUT2D eigenvalue weighted by Gasteiger charge is -2.25. The predicted molar refractivity (Wildman–Crippen MR) is 99.4 cm³/mol. The molecule has 6 nitrogen and oxygen atoms in total. The summed E-state index contributed by atoms with van der Waals surface area (Å²) in [4.78, 5) is 19.7. The number of carbonyl (C=O) groups is 1. The molecule has 0 bridgehead atoms. The molecule has 1 fully saturated rings. The monoisotopic (exact) mass is 350 g/mol. The Morgan fingerprint density at radius 2 is 2.12 bits per heavy atom. The molecule has 3 aromatic rings. The molecule has 6 heteroatoms. The van der Waals surface area contributed by atoms with Crippen molar-refractivity contribution in [2.45, 2.75) is 32.7 Å². The summed E-state index contributed by atoms with van der Waals surface area (Å²) in [5.41, 5.74) is 3.53. The van der Waals surface area contributed by atoms with Gasteiger partial charge in [0.05, 0.1) is 18.8 Å². The molecule has 2 aromatic heterocycles. The highest BCUT2D eigenvalue weighted by Crippen LogP contribution is 2.36. The van der Waals surface area contributed by atoms with Crippen LogP contribution in [-0.4, -0.2) is 39.6 Å². The van der Waals surface area contributed by atoms with Gasteiger partial charge < -0.3 is 9.64 Å². The normalized spacial score (nSPS) is 17.0. The fraction of sp³-hybridized carbons (Fsp3) is 0.350. The van der Waals surface area contributed by atoms with Crippen molar-refractivity contribution in [1.82, 2.24) is 20.1 Å². The van der Waals surface area contributed by atoms with Gasteiger partial charge in [0.2, 0.25) is 5.88 Å². The minimum atomic E-state index is -0.0587. The lowest BCUT2D eigenvalue weighted by atomic mass is 10.0. The second kappa shape index (κ2) is 6.44. The summed E-state index contributed by atoms with van der Waals surface area (Å²) >= 11 is 0. The van der Waals surface area contributed by atoms with Crippen LogP contribution in [0.15, 0.2) is 30.3 Å². The van der Waals surface area contributed by atoms with Crippen molar-refractivity contribution in [2.24, 2.45) is 0 Å². The number of nitrogens with zero attached hydrogens (tertiary/aromatic N) is 3. The number of rotatable bonds is 3. The number of hydrogen-bond donors (Lipinski definition) is 1.